The van der Waals surface area contributed by atoms with Gasteiger partial charge in [0, 0.05) is 18.1 Å². The van der Waals surface area contributed by atoms with Crippen LogP contribution in [0, 0.1) is 27.9 Å². The van der Waals surface area contributed by atoms with Crippen molar-refractivity contribution in [3.05, 3.63) is 40.0 Å². The number of nitro groups is 1. The molecule has 11 heavy (non-hydrogen) atoms. The Kier molecular flexibility index (Phi) is 2.02. The van der Waals surface area contributed by atoms with E-state index < -0.39 is 4.92 Å². The van der Waals surface area contributed by atoms with E-state index in [1.807, 2.05) is 6.07 Å². The molecular weight excluding hydrogens is 144 g/mol. The molecule has 0 saturated carbocycles. The zero-order chi connectivity index (χ0) is 8.27. The molecule has 4 nitrogen and oxygen atoms in total. The second kappa shape index (κ2) is 2.97. The van der Waals surface area contributed by atoms with Crippen molar-refractivity contribution >= 4 is 0 Å². The van der Waals surface area contributed by atoms with Crippen molar-refractivity contribution in [2.24, 2.45) is 0 Å². The van der Waals surface area contributed by atoms with Crippen LogP contribution in [0.4, 0.5) is 0 Å². The minimum atomic E-state index is -0.496. The molecule has 0 unspecified atom stereocenters. The average molecular weight is 149 g/mol. The van der Waals surface area contributed by atoms with Crippen LogP contribution in [-0.2, 0) is 0 Å². The highest BCUT2D eigenvalue weighted by Crippen LogP contribution is 2.15. The van der Waals surface area contributed by atoms with Gasteiger partial charge in [0.05, 0.1) is 11.0 Å². The van der Waals surface area contributed by atoms with Gasteiger partial charge in [-0.15, -0.1) is 0 Å². The highest BCUT2D eigenvalue weighted by Gasteiger charge is 2.12. The van der Waals surface area contributed by atoms with Gasteiger partial charge in [-0.05, 0) is 12.5 Å². The van der Waals surface area contributed by atoms with Crippen LogP contribution in [0.5, 0.6) is 0 Å². The average Bonchev–Trinajstić information content (AvgIpc) is 2.05. The lowest BCUT2D eigenvalue weighted by Crippen LogP contribution is -2.00. The van der Waals surface area contributed by atoms with Crippen molar-refractivity contribution < 1.29 is 4.92 Å². The molecule has 1 aliphatic rings. The highest BCUT2D eigenvalue weighted by atomic mass is 16.6. The maximum atomic E-state index is 10.2. The van der Waals surface area contributed by atoms with Gasteiger partial charge in [-0.2, -0.15) is 5.26 Å². The maximum absolute atomic E-state index is 10.2. The van der Waals surface area contributed by atoms with Gasteiger partial charge in [0.2, 0.25) is 0 Å². The number of allylic oxidation sites excluding steroid dienone is 3. The van der Waals surface area contributed by atoms with E-state index in [-0.39, 0.29) is 5.70 Å². The van der Waals surface area contributed by atoms with E-state index in [1.165, 1.54) is 12.2 Å². The summed E-state index contributed by atoms with van der Waals surface area (Å²) in [5, 5.41) is 18.6. The van der Waals surface area contributed by atoms with Crippen LogP contribution < -0.4 is 0 Å². The van der Waals surface area contributed by atoms with Crippen molar-refractivity contribution in [1.82, 2.24) is 0 Å². The summed E-state index contributed by atoms with van der Waals surface area (Å²) in [5.41, 5.74) is 0.364. The lowest BCUT2D eigenvalue weighted by Gasteiger charge is -2.00. The summed E-state index contributed by atoms with van der Waals surface area (Å²) < 4.78 is 0. The smallest absolute Gasteiger partial charge is 0.258 e. The first-order valence-electron chi connectivity index (χ1n) is 3.03. The molecule has 0 atom stereocenters. The summed E-state index contributed by atoms with van der Waals surface area (Å²) >= 11 is 0. The fourth-order valence-electron chi connectivity index (χ4n) is 0.789. The van der Waals surface area contributed by atoms with Crippen molar-refractivity contribution in [2.45, 2.75) is 6.42 Å². The third-order valence-corrected chi connectivity index (χ3v) is 1.31. The van der Waals surface area contributed by atoms with Crippen molar-refractivity contribution in [3.63, 3.8) is 0 Å². The van der Waals surface area contributed by atoms with Crippen LogP contribution in [-0.4, -0.2) is 4.92 Å². The van der Waals surface area contributed by atoms with Gasteiger partial charge in [-0.25, -0.2) is 0 Å². The zero-order valence-electron chi connectivity index (χ0n) is 5.65. The van der Waals surface area contributed by atoms with Crippen LogP contribution >= 0.6 is 0 Å². The van der Waals surface area contributed by atoms with Crippen LogP contribution in [0.25, 0.3) is 0 Å². The molecule has 1 radical (unpaired) electrons. The summed E-state index contributed by atoms with van der Waals surface area (Å²) in [5.74, 6) is 0. The molecule has 0 bridgehead atoms. The van der Waals surface area contributed by atoms with E-state index in [0.717, 1.165) is 0 Å². The molecule has 0 aromatic carbocycles. The maximum Gasteiger partial charge on any atom is 0.266 e. The number of hydrogen-bond acceptors (Lipinski definition) is 3. The molecular formula is C7H5N2O2. The van der Waals surface area contributed by atoms with Crippen LogP contribution in [0.1, 0.15) is 6.42 Å². The molecule has 0 aromatic heterocycles. The van der Waals surface area contributed by atoms with Gasteiger partial charge in [-0.1, -0.05) is 0 Å². The van der Waals surface area contributed by atoms with Crippen LogP contribution in [0.3, 0.4) is 0 Å². The highest BCUT2D eigenvalue weighted by molar-refractivity contribution is 5.38. The number of rotatable bonds is 1. The van der Waals surface area contributed by atoms with E-state index >= 15 is 0 Å². The summed E-state index contributed by atoms with van der Waals surface area (Å²) in [6, 6.07) is 1.85. The normalized spacial score (nSPS) is 16.3. The van der Waals surface area contributed by atoms with E-state index in [1.54, 1.807) is 6.42 Å². The molecule has 0 N–H and O–H groups in total. The summed E-state index contributed by atoms with van der Waals surface area (Å²) in [4.78, 5) is 9.69. The number of nitrogens with zero attached hydrogens (tertiary/aromatic N) is 2. The Hall–Kier alpha value is -1.63. The fourth-order valence-corrected chi connectivity index (χ4v) is 0.789. The van der Waals surface area contributed by atoms with Crippen molar-refractivity contribution in [2.75, 3.05) is 0 Å². The Morgan fingerprint density at radius 1 is 1.73 bits per heavy atom. The van der Waals surface area contributed by atoms with Gasteiger partial charge >= 0.3 is 0 Å². The van der Waals surface area contributed by atoms with E-state index in [4.69, 9.17) is 5.26 Å². The Balaban J connectivity index is 2.87. The molecule has 0 amide bonds. The van der Waals surface area contributed by atoms with E-state index in [2.05, 4.69) is 0 Å². The molecule has 0 spiro atoms. The minimum Gasteiger partial charge on any atom is -0.258 e. The molecule has 1 aliphatic carbocycles. The van der Waals surface area contributed by atoms with Crippen molar-refractivity contribution in [1.29, 1.82) is 5.26 Å². The predicted octanol–water partition coefficient (Wildman–Crippen LogP) is 1.20. The minimum absolute atomic E-state index is 0.00375. The first-order chi connectivity index (χ1) is 5.24. The predicted molar refractivity (Wildman–Crippen MR) is 37.7 cm³/mol. The molecule has 0 saturated heterocycles. The molecule has 55 valence electrons. The largest absolute Gasteiger partial charge is 0.266 e. The first kappa shape index (κ1) is 7.48. The second-order valence-electron chi connectivity index (χ2n) is 2.04. The molecule has 4 heteroatoms. The van der Waals surface area contributed by atoms with Crippen molar-refractivity contribution in [3.8, 4) is 6.07 Å². The fraction of sp³-hybridized carbons (Fsp3) is 0.143. The molecule has 1 rings (SSSR count). The lowest BCUT2D eigenvalue weighted by atomic mass is 10.0. The zero-order valence-corrected chi connectivity index (χ0v) is 5.65. The molecule has 0 heterocycles. The number of nitriles is 1. The Labute approximate surface area is 63.6 Å². The van der Waals surface area contributed by atoms with Gasteiger partial charge in [0.15, 0.2) is 0 Å². The third-order valence-electron chi connectivity index (χ3n) is 1.31. The van der Waals surface area contributed by atoms with Gasteiger partial charge in [0.1, 0.15) is 0 Å². The summed E-state index contributed by atoms with van der Waals surface area (Å²) in [6.45, 7) is 0. The SMILES string of the molecule is N#CC1=CC([N+](=O)[O-])=CC[CH]1. The molecule has 0 aromatic rings. The van der Waals surface area contributed by atoms with Crippen LogP contribution in [0.2, 0.25) is 0 Å². The monoisotopic (exact) mass is 149 g/mol. The Morgan fingerprint density at radius 2 is 2.45 bits per heavy atom. The van der Waals surface area contributed by atoms with Crippen LogP contribution in [0.15, 0.2) is 23.4 Å². The summed E-state index contributed by atoms with van der Waals surface area (Å²) in [7, 11) is 0. The topological polar surface area (TPSA) is 66.9 Å². The quantitative estimate of drug-likeness (QED) is 0.415. The van der Waals surface area contributed by atoms with Gasteiger partial charge in [0.25, 0.3) is 5.70 Å². The molecule has 0 aliphatic heterocycles. The Morgan fingerprint density at radius 3 is 3.00 bits per heavy atom. The van der Waals surface area contributed by atoms with Gasteiger partial charge < -0.3 is 0 Å². The molecule has 0 fully saturated rings. The Bertz CT molecular complexity index is 283. The van der Waals surface area contributed by atoms with Gasteiger partial charge in [-0.3, -0.25) is 10.1 Å². The van der Waals surface area contributed by atoms with E-state index in [9.17, 15) is 10.1 Å². The third kappa shape index (κ3) is 1.64. The lowest BCUT2D eigenvalue weighted by molar-refractivity contribution is -0.419. The first-order valence-corrected chi connectivity index (χ1v) is 3.03. The van der Waals surface area contributed by atoms with E-state index in [0.29, 0.717) is 12.0 Å². The number of hydrogen-bond donors (Lipinski definition) is 0. The summed E-state index contributed by atoms with van der Waals surface area (Å²) in [6.07, 6.45) is 4.85. The second-order valence-corrected chi connectivity index (χ2v) is 2.04. The standard InChI is InChI=1S/C7H5N2O2/c8-5-6-2-1-3-7(4-6)9(10)11/h2-4H,1H2.